The number of hydrogen-bond donors (Lipinski definition) is 1. The van der Waals surface area contributed by atoms with Gasteiger partial charge in [0.05, 0.1) is 17.0 Å². The fourth-order valence-electron chi connectivity index (χ4n) is 1.07. The number of halogens is 4. The van der Waals surface area contributed by atoms with Gasteiger partial charge >= 0.3 is 18.0 Å². The largest absolute Gasteiger partial charge is 0.358 e. The van der Waals surface area contributed by atoms with Crippen molar-refractivity contribution >= 4 is 11.5 Å². The number of nitriles is 1. The van der Waals surface area contributed by atoms with Gasteiger partial charge in [-0.15, -0.1) is 0 Å². The zero-order chi connectivity index (χ0) is 14.6. The van der Waals surface area contributed by atoms with Gasteiger partial charge in [-0.2, -0.15) is 14.0 Å². The lowest BCUT2D eigenvalue weighted by atomic mass is 10.2. The number of aromatic nitrogens is 1. The third kappa shape index (κ3) is 3.51. The van der Waals surface area contributed by atoms with Crippen molar-refractivity contribution in [2.75, 3.05) is 11.9 Å². The van der Waals surface area contributed by atoms with E-state index in [0.29, 0.717) is 0 Å². The Morgan fingerprint density at radius 3 is 2.68 bits per heavy atom. The Morgan fingerprint density at radius 1 is 1.58 bits per heavy atom. The van der Waals surface area contributed by atoms with E-state index in [1.54, 1.807) is 11.4 Å². The Morgan fingerprint density at radius 2 is 2.21 bits per heavy atom. The Labute approximate surface area is 103 Å². The number of nitro groups is 1. The number of rotatable bonds is 5. The average Bonchev–Trinajstić information content (AvgIpc) is 2.35. The molecular weight excluding hydrogens is 272 g/mol. The van der Waals surface area contributed by atoms with E-state index in [2.05, 4.69) is 4.98 Å². The maximum atomic E-state index is 12.6. The molecule has 0 aliphatic carbocycles. The van der Waals surface area contributed by atoms with Crippen LogP contribution >= 0.6 is 0 Å². The van der Waals surface area contributed by atoms with Gasteiger partial charge < -0.3 is 5.32 Å². The van der Waals surface area contributed by atoms with Gasteiger partial charge in [-0.05, 0) is 0 Å². The van der Waals surface area contributed by atoms with Gasteiger partial charge in [0.1, 0.15) is 6.07 Å². The fraction of sp³-hybridized carbons (Fsp3) is 0.333. The highest BCUT2D eigenvalue weighted by molar-refractivity contribution is 5.58. The molecule has 6 nitrogen and oxygen atoms in total. The Hall–Kier alpha value is -2.44. The first-order chi connectivity index (χ1) is 8.77. The monoisotopic (exact) mass is 278 g/mol. The van der Waals surface area contributed by atoms with Gasteiger partial charge in [-0.3, -0.25) is 10.1 Å². The number of nitrogens with zero attached hydrogens (tertiary/aromatic N) is 3. The molecule has 0 bridgehead atoms. The smallest absolute Gasteiger partial charge is 0.324 e. The van der Waals surface area contributed by atoms with E-state index in [1.807, 2.05) is 0 Å². The van der Waals surface area contributed by atoms with Crippen molar-refractivity contribution in [3.05, 3.63) is 27.9 Å². The molecule has 0 unspecified atom stereocenters. The molecule has 102 valence electrons. The quantitative estimate of drug-likeness (QED) is 0.506. The number of alkyl halides is 4. The second-order valence-electron chi connectivity index (χ2n) is 3.38. The van der Waals surface area contributed by atoms with Crippen LogP contribution in [0.2, 0.25) is 0 Å². The Balaban J connectivity index is 2.96. The molecule has 1 N–H and O–H groups in total. The van der Waals surface area contributed by atoms with Crippen LogP contribution < -0.4 is 5.32 Å². The number of anilines is 1. The van der Waals surface area contributed by atoms with Crippen LogP contribution in [0.5, 0.6) is 0 Å². The molecule has 0 aliphatic rings. The van der Waals surface area contributed by atoms with Crippen LogP contribution in [0, 0.1) is 21.4 Å². The number of pyridine rings is 1. The van der Waals surface area contributed by atoms with Crippen LogP contribution in [-0.4, -0.2) is 28.8 Å². The van der Waals surface area contributed by atoms with Gasteiger partial charge in [0.25, 0.3) is 0 Å². The molecule has 1 aromatic heterocycles. The van der Waals surface area contributed by atoms with Crippen LogP contribution in [-0.2, 0) is 0 Å². The Kier molecular flexibility index (Phi) is 4.21. The summed E-state index contributed by atoms with van der Waals surface area (Å²) >= 11 is 0. The third-order valence-corrected chi connectivity index (χ3v) is 2.00. The average molecular weight is 278 g/mol. The highest BCUT2D eigenvalue weighted by Gasteiger charge is 2.40. The molecule has 0 aromatic carbocycles. The molecule has 0 radical (unpaired) electrons. The molecule has 1 aromatic rings. The van der Waals surface area contributed by atoms with Crippen LogP contribution in [0.25, 0.3) is 0 Å². The van der Waals surface area contributed by atoms with Crippen molar-refractivity contribution < 1.29 is 22.5 Å². The predicted molar refractivity (Wildman–Crippen MR) is 55.0 cm³/mol. The first-order valence-electron chi connectivity index (χ1n) is 4.72. The summed E-state index contributed by atoms with van der Waals surface area (Å²) in [5.41, 5.74) is -0.901. The molecule has 10 heteroatoms. The van der Waals surface area contributed by atoms with E-state index in [4.69, 9.17) is 5.26 Å². The van der Waals surface area contributed by atoms with Gasteiger partial charge in [0.2, 0.25) is 5.82 Å². The second kappa shape index (κ2) is 5.47. The van der Waals surface area contributed by atoms with E-state index in [-0.39, 0.29) is 5.56 Å². The van der Waals surface area contributed by atoms with E-state index < -0.39 is 35.3 Å². The minimum Gasteiger partial charge on any atom is -0.358 e. The first kappa shape index (κ1) is 14.6. The standard InChI is InChI=1S/C9H6F4N4O2/c10-8(11)9(12,13)4-16-7-6(17(18)19)1-5(2-14)3-15-7/h1,3,8H,4H2,(H,15,16). The minimum absolute atomic E-state index is 0.155. The van der Waals surface area contributed by atoms with Gasteiger partial charge in [-0.25, -0.2) is 13.8 Å². The molecule has 0 amide bonds. The lowest BCUT2D eigenvalue weighted by Crippen LogP contribution is -2.35. The molecule has 0 fully saturated rings. The topological polar surface area (TPSA) is 91.8 Å². The highest BCUT2D eigenvalue weighted by Crippen LogP contribution is 2.26. The molecule has 19 heavy (non-hydrogen) atoms. The first-order valence-corrected chi connectivity index (χ1v) is 4.72. The molecule has 0 atom stereocenters. The van der Waals surface area contributed by atoms with Crippen LogP contribution in [0.15, 0.2) is 12.3 Å². The molecule has 1 heterocycles. The molecule has 0 saturated carbocycles. The lowest BCUT2D eigenvalue weighted by molar-refractivity contribution is -0.384. The Bertz CT molecular complexity index is 529. The number of hydrogen-bond acceptors (Lipinski definition) is 5. The highest BCUT2D eigenvalue weighted by atomic mass is 19.3. The minimum atomic E-state index is -4.34. The van der Waals surface area contributed by atoms with Crippen molar-refractivity contribution in [2.45, 2.75) is 12.3 Å². The van der Waals surface area contributed by atoms with E-state index in [1.165, 1.54) is 0 Å². The lowest BCUT2D eigenvalue weighted by Gasteiger charge is -2.15. The fourth-order valence-corrected chi connectivity index (χ4v) is 1.07. The van der Waals surface area contributed by atoms with E-state index >= 15 is 0 Å². The summed E-state index contributed by atoms with van der Waals surface area (Å²) in [6.45, 7) is -1.51. The van der Waals surface area contributed by atoms with E-state index in [9.17, 15) is 27.7 Å². The summed E-state index contributed by atoms with van der Waals surface area (Å²) in [6, 6.07) is 2.38. The van der Waals surface area contributed by atoms with Crippen molar-refractivity contribution in [1.82, 2.24) is 4.98 Å². The summed E-state index contributed by atoms with van der Waals surface area (Å²) in [4.78, 5) is 13.0. The third-order valence-electron chi connectivity index (χ3n) is 2.00. The summed E-state index contributed by atoms with van der Waals surface area (Å²) in [6.07, 6.45) is -3.01. The van der Waals surface area contributed by atoms with Gasteiger partial charge in [-0.1, -0.05) is 0 Å². The zero-order valence-corrected chi connectivity index (χ0v) is 9.11. The summed E-state index contributed by atoms with van der Waals surface area (Å²) in [5.74, 6) is -4.95. The van der Waals surface area contributed by atoms with Crippen LogP contribution in [0.3, 0.4) is 0 Å². The van der Waals surface area contributed by atoms with Crippen molar-refractivity contribution in [3.63, 3.8) is 0 Å². The molecule has 0 aliphatic heterocycles. The molecule has 0 spiro atoms. The molecular formula is C9H6F4N4O2. The van der Waals surface area contributed by atoms with Crippen LogP contribution in [0.1, 0.15) is 5.56 Å². The van der Waals surface area contributed by atoms with Crippen molar-refractivity contribution in [1.29, 1.82) is 5.26 Å². The SMILES string of the molecule is N#Cc1cnc(NCC(F)(F)C(F)F)c([N+](=O)[O-])c1. The van der Waals surface area contributed by atoms with Crippen LogP contribution in [0.4, 0.5) is 29.1 Å². The van der Waals surface area contributed by atoms with Gasteiger partial charge in [0.15, 0.2) is 0 Å². The summed E-state index contributed by atoms with van der Waals surface area (Å²) in [7, 11) is 0. The summed E-state index contributed by atoms with van der Waals surface area (Å²) in [5, 5.41) is 20.9. The second-order valence-corrected chi connectivity index (χ2v) is 3.38. The van der Waals surface area contributed by atoms with Crippen molar-refractivity contribution in [2.24, 2.45) is 0 Å². The normalized spacial score (nSPS) is 11.2. The maximum Gasteiger partial charge on any atom is 0.324 e. The predicted octanol–water partition coefficient (Wildman–Crippen LogP) is 2.17. The maximum absolute atomic E-state index is 12.6. The molecule has 1 rings (SSSR count). The summed E-state index contributed by atoms with van der Waals surface area (Å²) < 4.78 is 49.1. The van der Waals surface area contributed by atoms with Crippen molar-refractivity contribution in [3.8, 4) is 6.07 Å². The zero-order valence-electron chi connectivity index (χ0n) is 9.11. The van der Waals surface area contributed by atoms with E-state index in [0.717, 1.165) is 12.3 Å². The van der Waals surface area contributed by atoms with Gasteiger partial charge in [0, 0.05) is 12.3 Å². The number of nitrogens with one attached hydrogen (secondary N) is 1. The molecule has 0 saturated heterocycles.